The molecular formula is C7H7Cl2NO. The number of rotatable bonds is 1. The minimum absolute atomic E-state index is 0.126. The average molecular weight is 192 g/mol. The molecule has 1 aromatic carbocycles. The van der Waals surface area contributed by atoms with Crippen molar-refractivity contribution >= 4 is 28.9 Å². The van der Waals surface area contributed by atoms with E-state index in [2.05, 4.69) is 0 Å². The van der Waals surface area contributed by atoms with E-state index in [0.717, 1.165) is 0 Å². The largest absolute Gasteiger partial charge is 0.397 e. The molecule has 0 saturated carbocycles. The maximum atomic E-state index is 8.75. The van der Waals surface area contributed by atoms with Crippen molar-refractivity contribution in [2.75, 3.05) is 5.73 Å². The highest BCUT2D eigenvalue weighted by Crippen LogP contribution is 2.30. The molecule has 3 N–H and O–H groups in total. The van der Waals surface area contributed by atoms with Gasteiger partial charge in [-0.25, -0.2) is 0 Å². The fourth-order valence-corrected chi connectivity index (χ4v) is 1.14. The average Bonchev–Trinajstić information content (AvgIpc) is 2.01. The van der Waals surface area contributed by atoms with Crippen LogP contribution in [-0.2, 0) is 6.61 Å². The third kappa shape index (κ3) is 1.59. The molecule has 1 aromatic rings. The summed E-state index contributed by atoms with van der Waals surface area (Å²) in [5, 5.41) is 9.38. The first-order valence-corrected chi connectivity index (χ1v) is 3.75. The Morgan fingerprint density at radius 1 is 1.27 bits per heavy atom. The van der Waals surface area contributed by atoms with E-state index in [1.54, 1.807) is 12.1 Å². The summed E-state index contributed by atoms with van der Waals surface area (Å²) in [5.41, 5.74) is 6.46. The lowest BCUT2D eigenvalue weighted by atomic mass is 10.2. The maximum absolute atomic E-state index is 8.75. The number of aliphatic hydroxyl groups is 1. The molecule has 0 radical (unpaired) electrons. The minimum Gasteiger partial charge on any atom is -0.397 e. The Morgan fingerprint density at radius 2 is 1.91 bits per heavy atom. The molecule has 0 amide bonds. The molecule has 0 spiro atoms. The van der Waals surface area contributed by atoms with E-state index in [9.17, 15) is 0 Å². The first-order valence-electron chi connectivity index (χ1n) is 3.00. The highest BCUT2D eigenvalue weighted by atomic mass is 35.5. The number of hydrogen-bond acceptors (Lipinski definition) is 2. The number of aliphatic hydroxyl groups excluding tert-OH is 1. The van der Waals surface area contributed by atoms with Gasteiger partial charge in [-0.1, -0.05) is 29.3 Å². The summed E-state index contributed by atoms with van der Waals surface area (Å²) < 4.78 is 0. The van der Waals surface area contributed by atoms with Crippen molar-refractivity contribution in [3.05, 3.63) is 27.7 Å². The van der Waals surface area contributed by atoms with Gasteiger partial charge in [-0.15, -0.1) is 0 Å². The van der Waals surface area contributed by atoms with Crippen molar-refractivity contribution in [1.82, 2.24) is 0 Å². The van der Waals surface area contributed by atoms with Crippen LogP contribution in [0.25, 0.3) is 0 Å². The Hall–Kier alpha value is -0.440. The van der Waals surface area contributed by atoms with Crippen LogP contribution >= 0.6 is 23.2 Å². The summed E-state index contributed by atoms with van der Waals surface area (Å²) in [5.74, 6) is 0. The lowest BCUT2D eigenvalue weighted by molar-refractivity contribution is 0.282. The molecule has 0 unspecified atom stereocenters. The van der Waals surface area contributed by atoms with Gasteiger partial charge in [-0.2, -0.15) is 0 Å². The zero-order chi connectivity index (χ0) is 8.43. The molecular weight excluding hydrogens is 185 g/mol. The van der Waals surface area contributed by atoms with Crippen LogP contribution in [0.5, 0.6) is 0 Å². The van der Waals surface area contributed by atoms with E-state index in [0.29, 0.717) is 21.3 Å². The monoisotopic (exact) mass is 191 g/mol. The molecule has 60 valence electrons. The Labute approximate surface area is 74.5 Å². The second-order valence-corrected chi connectivity index (χ2v) is 2.86. The van der Waals surface area contributed by atoms with E-state index in [1.807, 2.05) is 0 Å². The molecule has 0 bridgehead atoms. The van der Waals surface area contributed by atoms with Gasteiger partial charge in [0.15, 0.2) is 0 Å². The van der Waals surface area contributed by atoms with E-state index in [1.165, 1.54) is 0 Å². The fraction of sp³-hybridized carbons (Fsp3) is 0.143. The predicted molar refractivity (Wildman–Crippen MR) is 46.8 cm³/mol. The Balaban J connectivity index is 3.25. The topological polar surface area (TPSA) is 46.2 Å². The van der Waals surface area contributed by atoms with Crippen molar-refractivity contribution in [2.45, 2.75) is 6.61 Å². The molecule has 0 atom stereocenters. The maximum Gasteiger partial charge on any atom is 0.0825 e. The van der Waals surface area contributed by atoms with Gasteiger partial charge in [0.1, 0.15) is 0 Å². The Bertz CT molecular complexity index is 275. The Morgan fingerprint density at radius 3 is 2.45 bits per heavy atom. The molecule has 11 heavy (non-hydrogen) atoms. The van der Waals surface area contributed by atoms with Crippen molar-refractivity contribution in [2.24, 2.45) is 0 Å². The van der Waals surface area contributed by atoms with Gasteiger partial charge in [0.2, 0.25) is 0 Å². The van der Waals surface area contributed by atoms with E-state index < -0.39 is 0 Å². The zero-order valence-electron chi connectivity index (χ0n) is 5.64. The van der Waals surface area contributed by atoms with Crippen LogP contribution in [0.15, 0.2) is 12.1 Å². The number of benzene rings is 1. The van der Waals surface area contributed by atoms with Crippen molar-refractivity contribution in [1.29, 1.82) is 0 Å². The fourth-order valence-electron chi connectivity index (χ4n) is 0.726. The quantitative estimate of drug-likeness (QED) is 0.669. The van der Waals surface area contributed by atoms with E-state index >= 15 is 0 Å². The SMILES string of the molecule is Nc1ccc(CO)c(Cl)c1Cl. The molecule has 4 heteroatoms. The van der Waals surface area contributed by atoms with Crippen molar-refractivity contribution < 1.29 is 5.11 Å². The first kappa shape index (κ1) is 8.65. The Kier molecular flexibility index (Phi) is 2.60. The minimum atomic E-state index is -0.126. The molecule has 2 nitrogen and oxygen atoms in total. The van der Waals surface area contributed by atoms with Crippen LogP contribution < -0.4 is 5.73 Å². The van der Waals surface area contributed by atoms with Crippen molar-refractivity contribution in [3.63, 3.8) is 0 Å². The summed E-state index contributed by atoms with van der Waals surface area (Å²) in [4.78, 5) is 0. The molecule has 0 fully saturated rings. The number of halogens is 2. The van der Waals surface area contributed by atoms with Gasteiger partial charge in [0, 0.05) is 0 Å². The summed E-state index contributed by atoms with van der Waals surface area (Å²) >= 11 is 11.4. The number of hydrogen-bond donors (Lipinski definition) is 2. The van der Waals surface area contributed by atoms with Gasteiger partial charge in [-0.3, -0.25) is 0 Å². The molecule has 0 aliphatic carbocycles. The number of anilines is 1. The van der Waals surface area contributed by atoms with Crippen LogP contribution in [0.1, 0.15) is 5.56 Å². The van der Waals surface area contributed by atoms with Gasteiger partial charge in [0.25, 0.3) is 0 Å². The second kappa shape index (κ2) is 3.30. The number of nitrogen functional groups attached to an aromatic ring is 1. The predicted octanol–water partition coefficient (Wildman–Crippen LogP) is 2.07. The normalized spacial score (nSPS) is 10.1. The molecule has 0 aliphatic heterocycles. The third-order valence-electron chi connectivity index (χ3n) is 1.36. The van der Waals surface area contributed by atoms with Gasteiger partial charge in [-0.05, 0) is 11.6 Å². The highest BCUT2D eigenvalue weighted by Gasteiger charge is 2.05. The lowest BCUT2D eigenvalue weighted by Gasteiger charge is -2.04. The van der Waals surface area contributed by atoms with Crippen LogP contribution in [0.4, 0.5) is 5.69 Å². The van der Waals surface area contributed by atoms with Gasteiger partial charge in [0.05, 0.1) is 22.3 Å². The van der Waals surface area contributed by atoms with Crippen LogP contribution in [-0.4, -0.2) is 5.11 Å². The van der Waals surface area contributed by atoms with Gasteiger partial charge < -0.3 is 10.8 Å². The number of nitrogens with two attached hydrogens (primary N) is 1. The highest BCUT2D eigenvalue weighted by molar-refractivity contribution is 6.44. The summed E-state index contributed by atoms with van der Waals surface area (Å²) in [7, 11) is 0. The van der Waals surface area contributed by atoms with Gasteiger partial charge >= 0.3 is 0 Å². The van der Waals surface area contributed by atoms with E-state index in [4.69, 9.17) is 34.0 Å². The third-order valence-corrected chi connectivity index (χ3v) is 2.30. The second-order valence-electron chi connectivity index (χ2n) is 2.10. The summed E-state index contributed by atoms with van der Waals surface area (Å²) in [6, 6.07) is 3.25. The van der Waals surface area contributed by atoms with Crippen LogP contribution in [0, 0.1) is 0 Å². The molecule has 0 aliphatic rings. The van der Waals surface area contributed by atoms with E-state index in [-0.39, 0.29) is 6.61 Å². The van der Waals surface area contributed by atoms with Crippen LogP contribution in [0.2, 0.25) is 10.0 Å². The smallest absolute Gasteiger partial charge is 0.0825 e. The zero-order valence-corrected chi connectivity index (χ0v) is 7.15. The first-order chi connectivity index (χ1) is 5.16. The van der Waals surface area contributed by atoms with Crippen LogP contribution in [0.3, 0.4) is 0 Å². The molecule has 0 aromatic heterocycles. The molecule has 0 saturated heterocycles. The molecule has 0 heterocycles. The molecule has 1 rings (SSSR count). The summed E-state index contributed by atoms with van der Waals surface area (Å²) in [6.07, 6.45) is 0. The summed E-state index contributed by atoms with van der Waals surface area (Å²) in [6.45, 7) is -0.126. The van der Waals surface area contributed by atoms with Crippen molar-refractivity contribution in [3.8, 4) is 0 Å². The standard InChI is InChI=1S/C7H7Cl2NO/c8-6-4(3-11)1-2-5(10)7(6)9/h1-2,11H,3,10H2. The lowest BCUT2D eigenvalue weighted by Crippen LogP contribution is -1.91.